The molecule has 1 aliphatic heterocycles. The van der Waals surface area contributed by atoms with Gasteiger partial charge in [-0.05, 0) is 37.6 Å². The lowest BCUT2D eigenvalue weighted by Crippen LogP contribution is -1.99. The molecule has 5 heteroatoms. The second kappa shape index (κ2) is 5.63. The number of hydrogen-bond donors (Lipinski definition) is 0. The fourth-order valence-corrected chi connectivity index (χ4v) is 2.66. The van der Waals surface area contributed by atoms with Gasteiger partial charge in [0.15, 0.2) is 10.9 Å². The van der Waals surface area contributed by atoms with E-state index < -0.39 is 0 Å². The quantitative estimate of drug-likeness (QED) is 0.868. The zero-order valence-corrected chi connectivity index (χ0v) is 12.3. The topological polar surface area (TPSA) is 50.8 Å². The Balaban J connectivity index is 1.65. The molecule has 0 atom stereocenters. The van der Waals surface area contributed by atoms with E-state index in [0.29, 0.717) is 6.54 Å². The van der Waals surface area contributed by atoms with Crippen LogP contribution in [-0.4, -0.2) is 22.4 Å². The van der Waals surface area contributed by atoms with E-state index in [1.807, 2.05) is 38.1 Å². The van der Waals surface area contributed by atoms with E-state index in [-0.39, 0.29) is 0 Å². The van der Waals surface area contributed by atoms with E-state index in [9.17, 15) is 0 Å². The predicted octanol–water partition coefficient (Wildman–Crippen LogP) is 3.38. The second-order valence-electron chi connectivity index (χ2n) is 4.62. The third-order valence-corrected chi connectivity index (χ3v) is 4.04. The monoisotopic (exact) mass is 285 g/mol. The number of thioether (sulfide) groups is 1. The summed E-state index contributed by atoms with van der Waals surface area (Å²) < 4.78 is 5.68. The molecular formula is C15H15N3OS. The lowest BCUT2D eigenvalue weighted by molar-refractivity contribution is 0.523. The molecule has 3 heterocycles. The molecule has 0 bridgehead atoms. The Bertz CT molecular complexity index is 654. The molecule has 4 nitrogen and oxygen atoms in total. The second-order valence-corrected chi connectivity index (χ2v) is 5.56. The molecule has 0 unspecified atom stereocenters. The van der Waals surface area contributed by atoms with Crippen LogP contribution in [0.1, 0.15) is 22.8 Å². The predicted molar refractivity (Wildman–Crippen MR) is 82.6 cm³/mol. The molecule has 0 aromatic carbocycles. The number of aromatic nitrogens is 1. The van der Waals surface area contributed by atoms with Crippen LogP contribution in [0.2, 0.25) is 0 Å². The summed E-state index contributed by atoms with van der Waals surface area (Å²) in [7, 11) is 0. The van der Waals surface area contributed by atoms with Crippen molar-refractivity contribution < 1.29 is 4.42 Å². The Labute approximate surface area is 122 Å². The number of amidine groups is 1. The third-order valence-electron chi connectivity index (χ3n) is 3.12. The van der Waals surface area contributed by atoms with Crippen LogP contribution >= 0.6 is 11.8 Å². The maximum atomic E-state index is 5.68. The molecule has 1 aliphatic rings. The standard InChI is InChI=1S/C15H15N3OS/c1-10-7-14(19-11(10)2)13-8-17-15(18-13)20-9-12-5-3-4-6-16-12/h3-7H,8-9H2,1-2H3. The van der Waals surface area contributed by atoms with E-state index in [2.05, 4.69) is 15.0 Å². The minimum Gasteiger partial charge on any atom is -0.460 e. The van der Waals surface area contributed by atoms with Gasteiger partial charge in [-0.15, -0.1) is 0 Å². The molecule has 0 saturated heterocycles. The first-order valence-corrected chi connectivity index (χ1v) is 7.43. The third kappa shape index (κ3) is 2.82. The van der Waals surface area contributed by atoms with Crippen molar-refractivity contribution in [3.8, 4) is 0 Å². The normalized spacial score (nSPS) is 14.3. The van der Waals surface area contributed by atoms with E-state index in [0.717, 1.165) is 39.4 Å². The lowest BCUT2D eigenvalue weighted by atomic mass is 10.2. The highest BCUT2D eigenvalue weighted by atomic mass is 32.2. The van der Waals surface area contributed by atoms with Crippen molar-refractivity contribution in [2.24, 2.45) is 9.98 Å². The van der Waals surface area contributed by atoms with Crippen molar-refractivity contribution in [1.29, 1.82) is 0 Å². The highest BCUT2D eigenvalue weighted by molar-refractivity contribution is 8.13. The first-order valence-electron chi connectivity index (χ1n) is 6.44. The first kappa shape index (κ1) is 13.1. The SMILES string of the molecule is Cc1cc(C2=NC(SCc3ccccn3)=NC2)oc1C. The highest BCUT2D eigenvalue weighted by Gasteiger charge is 2.16. The van der Waals surface area contributed by atoms with Gasteiger partial charge in [0.05, 0.1) is 12.2 Å². The van der Waals surface area contributed by atoms with E-state index in [4.69, 9.17) is 4.42 Å². The summed E-state index contributed by atoms with van der Waals surface area (Å²) in [6.45, 7) is 4.60. The van der Waals surface area contributed by atoms with E-state index in [1.54, 1.807) is 18.0 Å². The average Bonchev–Trinajstić information content (AvgIpc) is 3.06. The molecule has 0 fully saturated rings. The van der Waals surface area contributed by atoms with Crippen molar-refractivity contribution in [2.45, 2.75) is 19.6 Å². The van der Waals surface area contributed by atoms with E-state index >= 15 is 0 Å². The number of aliphatic imine (C=N–C) groups is 2. The lowest BCUT2D eigenvalue weighted by Gasteiger charge is -1.97. The van der Waals surface area contributed by atoms with Crippen molar-refractivity contribution >= 4 is 22.6 Å². The van der Waals surface area contributed by atoms with Crippen molar-refractivity contribution in [3.05, 3.63) is 53.2 Å². The Hall–Kier alpha value is -1.88. The van der Waals surface area contributed by atoms with Gasteiger partial charge in [-0.1, -0.05) is 17.8 Å². The fraction of sp³-hybridized carbons (Fsp3) is 0.267. The fourth-order valence-electron chi connectivity index (χ4n) is 1.88. The van der Waals surface area contributed by atoms with Crippen LogP contribution < -0.4 is 0 Å². The number of furan rings is 1. The molecule has 0 amide bonds. The summed E-state index contributed by atoms with van der Waals surface area (Å²) in [5.74, 6) is 2.56. The van der Waals surface area contributed by atoms with Gasteiger partial charge in [0.2, 0.25) is 0 Å². The summed E-state index contributed by atoms with van der Waals surface area (Å²) in [5.41, 5.74) is 3.09. The Morgan fingerprint density at radius 1 is 1.30 bits per heavy atom. The van der Waals surface area contributed by atoms with Crippen molar-refractivity contribution in [2.75, 3.05) is 6.54 Å². The van der Waals surface area contributed by atoms with Gasteiger partial charge in [-0.25, -0.2) is 4.99 Å². The number of aryl methyl sites for hydroxylation is 2. The first-order chi connectivity index (χ1) is 9.72. The highest BCUT2D eigenvalue weighted by Crippen LogP contribution is 2.20. The summed E-state index contributed by atoms with van der Waals surface area (Å²) >= 11 is 1.60. The summed E-state index contributed by atoms with van der Waals surface area (Å²) in [6, 6.07) is 7.93. The van der Waals surface area contributed by atoms with Gasteiger partial charge >= 0.3 is 0 Å². The van der Waals surface area contributed by atoms with Gasteiger partial charge in [0, 0.05) is 11.9 Å². The number of nitrogens with zero attached hydrogens (tertiary/aromatic N) is 3. The van der Waals surface area contributed by atoms with Crippen LogP contribution in [0.25, 0.3) is 0 Å². The van der Waals surface area contributed by atoms with Gasteiger partial charge in [0.1, 0.15) is 11.5 Å². The molecule has 0 radical (unpaired) electrons. The van der Waals surface area contributed by atoms with Crippen LogP contribution in [0.15, 0.2) is 44.9 Å². The number of hydrogen-bond acceptors (Lipinski definition) is 5. The van der Waals surface area contributed by atoms with Gasteiger partial charge in [0.25, 0.3) is 0 Å². The minimum absolute atomic E-state index is 0.594. The summed E-state index contributed by atoms with van der Waals surface area (Å²) in [6.07, 6.45) is 1.80. The van der Waals surface area contributed by atoms with Crippen molar-refractivity contribution in [3.63, 3.8) is 0 Å². The molecule has 0 spiro atoms. The zero-order valence-electron chi connectivity index (χ0n) is 11.5. The summed E-state index contributed by atoms with van der Waals surface area (Å²) in [5, 5.41) is 0.803. The van der Waals surface area contributed by atoms with Gasteiger partial charge in [-0.3, -0.25) is 9.98 Å². The Morgan fingerprint density at radius 3 is 2.90 bits per heavy atom. The molecule has 2 aromatic heterocycles. The number of pyridine rings is 1. The smallest absolute Gasteiger partial charge is 0.184 e. The Kier molecular flexibility index (Phi) is 3.69. The van der Waals surface area contributed by atoms with E-state index in [1.165, 1.54) is 0 Å². The molecule has 20 heavy (non-hydrogen) atoms. The summed E-state index contributed by atoms with van der Waals surface area (Å²) in [4.78, 5) is 13.3. The molecule has 3 rings (SSSR count). The molecule has 102 valence electrons. The van der Waals surface area contributed by atoms with Crippen LogP contribution in [0, 0.1) is 13.8 Å². The van der Waals surface area contributed by atoms with Crippen molar-refractivity contribution in [1.82, 2.24) is 4.98 Å². The molecule has 2 aromatic rings. The molecule has 0 saturated carbocycles. The average molecular weight is 285 g/mol. The Morgan fingerprint density at radius 2 is 2.20 bits per heavy atom. The number of rotatable bonds is 3. The maximum absolute atomic E-state index is 5.68. The molecule has 0 aliphatic carbocycles. The minimum atomic E-state index is 0.594. The molecule has 0 N–H and O–H groups in total. The maximum Gasteiger partial charge on any atom is 0.184 e. The van der Waals surface area contributed by atoms with Crippen LogP contribution in [0.4, 0.5) is 0 Å². The van der Waals surface area contributed by atoms with Gasteiger partial charge in [-0.2, -0.15) is 0 Å². The molecular weight excluding hydrogens is 270 g/mol. The van der Waals surface area contributed by atoms with Crippen LogP contribution in [0.3, 0.4) is 0 Å². The zero-order chi connectivity index (χ0) is 13.9. The van der Waals surface area contributed by atoms with Crippen LogP contribution in [0.5, 0.6) is 0 Å². The van der Waals surface area contributed by atoms with Crippen LogP contribution in [-0.2, 0) is 5.75 Å². The van der Waals surface area contributed by atoms with Gasteiger partial charge < -0.3 is 4.42 Å². The largest absolute Gasteiger partial charge is 0.460 e.